The Morgan fingerprint density at radius 1 is 1.41 bits per heavy atom. The third kappa shape index (κ3) is 4.49. The van der Waals surface area contributed by atoms with Crippen LogP contribution in [0, 0.1) is 0 Å². The van der Waals surface area contributed by atoms with Gasteiger partial charge in [0.2, 0.25) is 5.91 Å². The molecule has 1 aromatic rings. The van der Waals surface area contributed by atoms with Gasteiger partial charge < -0.3 is 14.6 Å². The van der Waals surface area contributed by atoms with Gasteiger partial charge in [0, 0.05) is 23.8 Å². The number of ether oxygens (including phenoxy) is 1. The Kier molecular flexibility index (Phi) is 5.22. The molecule has 1 aromatic heterocycles. The molecule has 124 valence electrons. The Bertz CT molecular complexity index is 514. The summed E-state index contributed by atoms with van der Waals surface area (Å²) >= 11 is 1.62. The van der Waals surface area contributed by atoms with Crippen molar-refractivity contribution < 1.29 is 14.1 Å². The number of carbonyl (C=O) groups excluding carboxylic acids is 1. The van der Waals surface area contributed by atoms with Crippen LogP contribution < -0.4 is 5.32 Å². The highest BCUT2D eigenvalue weighted by atomic mass is 32.2. The minimum absolute atomic E-state index is 0.0655. The molecule has 22 heavy (non-hydrogen) atoms. The average Bonchev–Trinajstić information content (AvgIpc) is 3.06. The van der Waals surface area contributed by atoms with Gasteiger partial charge in [-0.15, -0.1) is 11.8 Å². The second kappa shape index (κ2) is 6.62. The Morgan fingerprint density at radius 2 is 2.14 bits per heavy atom. The number of thioether (sulfide) groups is 1. The van der Waals surface area contributed by atoms with Crippen molar-refractivity contribution >= 4 is 23.5 Å². The summed E-state index contributed by atoms with van der Waals surface area (Å²) < 4.78 is 10.4. The highest BCUT2D eigenvalue weighted by Crippen LogP contribution is 2.30. The van der Waals surface area contributed by atoms with Crippen LogP contribution in [0.25, 0.3) is 0 Å². The molecule has 1 atom stereocenters. The molecule has 1 unspecified atom stereocenters. The van der Waals surface area contributed by atoms with Crippen molar-refractivity contribution in [2.24, 2.45) is 0 Å². The highest BCUT2D eigenvalue weighted by molar-refractivity contribution is 8.01. The van der Waals surface area contributed by atoms with Gasteiger partial charge in [0.25, 0.3) is 0 Å². The van der Waals surface area contributed by atoms with Crippen LogP contribution in [-0.2, 0) is 14.9 Å². The predicted molar refractivity (Wildman–Crippen MR) is 89.3 cm³/mol. The normalized spacial score (nSPS) is 19.4. The van der Waals surface area contributed by atoms with Gasteiger partial charge in [0.15, 0.2) is 5.82 Å². The topological polar surface area (TPSA) is 64.4 Å². The second-order valence-corrected chi connectivity index (χ2v) is 8.88. The van der Waals surface area contributed by atoms with Crippen LogP contribution in [0.15, 0.2) is 10.6 Å². The van der Waals surface area contributed by atoms with E-state index in [1.54, 1.807) is 17.8 Å². The molecule has 5 nitrogen and oxygen atoms in total. The zero-order valence-electron chi connectivity index (χ0n) is 14.1. The summed E-state index contributed by atoms with van der Waals surface area (Å²) in [6, 6.07) is 1.79. The van der Waals surface area contributed by atoms with E-state index in [0.29, 0.717) is 5.82 Å². The highest BCUT2D eigenvalue weighted by Gasteiger charge is 2.31. The van der Waals surface area contributed by atoms with Crippen molar-refractivity contribution in [1.29, 1.82) is 0 Å². The first-order chi connectivity index (χ1) is 10.2. The van der Waals surface area contributed by atoms with E-state index >= 15 is 0 Å². The molecule has 1 aliphatic rings. The van der Waals surface area contributed by atoms with E-state index in [2.05, 4.69) is 10.5 Å². The molecule has 0 bridgehead atoms. The number of carbonyl (C=O) groups is 1. The standard InChI is InChI=1S/C16H26N2O3S/c1-15(2,3)12-9-13(18-21-12)17-14(19)16(4,5)22-10-11-7-6-8-20-11/h9,11H,6-8,10H2,1-5H3,(H,17,18,19). The number of aromatic nitrogens is 1. The summed E-state index contributed by atoms with van der Waals surface area (Å²) in [6.07, 6.45) is 2.48. The van der Waals surface area contributed by atoms with E-state index in [-0.39, 0.29) is 17.4 Å². The van der Waals surface area contributed by atoms with Crippen LogP contribution >= 0.6 is 11.8 Å². The Morgan fingerprint density at radius 3 is 2.68 bits per heavy atom. The first kappa shape index (κ1) is 17.3. The third-order valence-electron chi connectivity index (χ3n) is 3.69. The summed E-state index contributed by atoms with van der Waals surface area (Å²) in [4.78, 5) is 12.4. The SMILES string of the molecule is CC(C)(SCC1CCCO1)C(=O)Nc1cc(C(C)(C)C)on1. The summed E-state index contributed by atoms with van der Waals surface area (Å²) in [5.74, 6) is 2.00. The number of hydrogen-bond donors (Lipinski definition) is 1. The fraction of sp³-hybridized carbons (Fsp3) is 0.750. The number of rotatable bonds is 5. The number of amides is 1. The van der Waals surface area contributed by atoms with Gasteiger partial charge in [0.05, 0.1) is 10.9 Å². The zero-order valence-corrected chi connectivity index (χ0v) is 14.9. The van der Waals surface area contributed by atoms with Crippen LogP contribution in [0.2, 0.25) is 0 Å². The molecule has 1 saturated heterocycles. The fourth-order valence-electron chi connectivity index (χ4n) is 2.10. The maximum atomic E-state index is 12.4. The first-order valence-corrected chi connectivity index (χ1v) is 8.71. The lowest BCUT2D eigenvalue weighted by molar-refractivity contribution is -0.117. The smallest absolute Gasteiger partial charge is 0.241 e. The van der Waals surface area contributed by atoms with E-state index in [1.165, 1.54) is 0 Å². The molecule has 1 N–H and O–H groups in total. The van der Waals surface area contributed by atoms with E-state index in [9.17, 15) is 4.79 Å². The van der Waals surface area contributed by atoms with E-state index in [0.717, 1.165) is 31.0 Å². The van der Waals surface area contributed by atoms with Gasteiger partial charge in [-0.3, -0.25) is 4.79 Å². The predicted octanol–water partition coefficient (Wildman–Crippen LogP) is 3.60. The molecule has 0 aromatic carbocycles. The molecular formula is C16H26N2O3S. The Balaban J connectivity index is 1.90. The number of nitrogens with zero attached hydrogens (tertiary/aromatic N) is 1. The molecule has 0 saturated carbocycles. The van der Waals surface area contributed by atoms with Gasteiger partial charge in [-0.2, -0.15) is 0 Å². The lowest BCUT2D eigenvalue weighted by atomic mass is 9.93. The molecule has 1 amide bonds. The summed E-state index contributed by atoms with van der Waals surface area (Å²) in [5, 5.41) is 6.78. The minimum atomic E-state index is -0.535. The molecule has 0 spiro atoms. The van der Waals surface area contributed by atoms with Crippen LogP contribution in [0.4, 0.5) is 5.82 Å². The molecule has 2 heterocycles. The molecule has 1 fully saturated rings. The Hall–Kier alpha value is -1.01. The summed E-state index contributed by atoms with van der Waals surface area (Å²) in [5.41, 5.74) is -0.125. The lowest BCUT2D eigenvalue weighted by Gasteiger charge is -2.23. The number of nitrogens with one attached hydrogen (secondary N) is 1. The monoisotopic (exact) mass is 326 g/mol. The average molecular weight is 326 g/mol. The van der Waals surface area contributed by atoms with Crippen molar-refractivity contribution in [1.82, 2.24) is 5.16 Å². The van der Waals surface area contributed by atoms with E-state index in [1.807, 2.05) is 34.6 Å². The molecule has 0 aliphatic carbocycles. The fourth-order valence-corrected chi connectivity index (χ4v) is 3.14. The van der Waals surface area contributed by atoms with Crippen LogP contribution in [0.5, 0.6) is 0 Å². The lowest BCUT2D eigenvalue weighted by Crippen LogP contribution is -2.35. The van der Waals surface area contributed by atoms with Crippen LogP contribution in [0.1, 0.15) is 53.2 Å². The largest absolute Gasteiger partial charge is 0.377 e. The van der Waals surface area contributed by atoms with Gasteiger partial charge in [-0.1, -0.05) is 25.9 Å². The van der Waals surface area contributed by atoms with Gasteiger partial charge in [-0.05, 0) is 26.7 Å². The van der Waals surface area contributed by atoms with E-state index in [4.69, 9.17) is 9.26 Å². The Labute approximate surface area is 136 Å². The van der Waals surface area contributed by atoms with Crippen molar-refractivity contribution in [3.63, 3.8) is 0 Å². The zero-order chi connectivity index (χ0) is 16.4. The molecule has 0 radical (unpaired) electrons. The van der Waals surface area contributed by atoms with Crippen LogP contribution in [-0.4, -0.2) is 34.3 Å². The van der Waals surface area contributed by atoms with E-state index < -0.39 is 4.75 Å². The second-order valence-electron chi connectivity index (χ2n) is 7.24. The van der Waals surface area contributed by atoms with Crippen LogP contribution in [0.3, 0.4) is 0 Å². The summed E-state index contributed by atoms with van der Waals surface area (Å²) in [7, 11) is 0. The van der Waals surface area contributed by atoms with Gasteiger partial charge in [0.1, 0.15) is 5.76 Å². The van der Waals surface area contributed by atoms with Gasteiger partial charge >= 0.3 is 0 Å². The molecule has 2 rings (SSSR count). The molecule has 6 heteroatoms. The third-order valence-corrected chi connectivity index (χ3v) is 5.14. The molecule has 1 aliphatic heterocycles. The number of anilines is 1. The maximum absolute atomic E-state index is 12.4. The molecular weight excluding hydrogens is 300 g/mol. The van der Waals surface area contributed by atoms with Crippen molar-refractivity contribution in [2.75, 3.05) is 17.7 Å². The first-order valence-electron chi connectivity index (χ1n) is 7.73. The number of hydrogen-bond acceptors (Lipinski definition) is 5. The minimum Gasteiger partial charge on any atom is -0.377 e. The quantitative estimate of drug-likeness (QED) is 0.895. The van der Waals surface area contributed by atoms with Crippen molar-refractivity contribution in [2.45, 2.75) is 63.7 Å². The summed E-state index contributed by atoms with van der Waals surface area (Å²) in [6.45, 7) is 10.8. The van der Waals surface area contributed by atoms with Gasteiger partial charge in [-0.25, -0.2) is 0 Å². The maximum Gasteiger partial charge on any atom is 0.241 e. The van der Waals surface area contributed by atoms with Crippen molar-refractivity contribution in [3.05, 3.63) is 11.8 Å². The van der Waals surface area contributed by atoms with Crippen molar-refractivity contribution in [3.8, 4) is 0 Å².